The molecule has 0 radical (unpaired) electrons. The lowest BCUT2D eigenvalue weighted by molar-refractivity contribution is 1.20. The summed E-state index contributed by atoms with van der Waals surface area (Å²) in [6.07, 6.45) is 3.70. The maximum absolute atomic E-state index is 4.52. The quantitative estimate of drug-likeness (QED) is 0.187. The topological polar surface area (TPSA) is 25.8 Å². The largest absolute Gasteiger partial charge is 0.261 e. The summed E-state index contributed by atoms with van der Waals surface area (Å²) in [6, 6.07) is 52.7. The van der Waals surface area contributed by atoms with Gasteiger partial charge in [0.2, 0.25) is 0 Å². The molecule has 218 valence electrons. The van der Waals surface area contributed by atoms with Gasteiger partial charge in [0.25, 0.3) is 0 Å². The molecule has 0 fully saturated rings. The first-order valence-corrected chi connectivity index (χ1v) is 15.7. The molecule has 2 heteroatoms. The van der Waals surface area contributed by atoms with E-state index >= 15 is 0 Å². The predicted molar refractivity (Wildman–Crippen MR) is 194 cm³/mol. The fraction of sp³-hybridized carbons (Fsp3) is 0.0455. The molecule has 0 aliphatic heterocycles. The van der Waals surface area contributed by atoms with Gasteiger partial charge in [-0.3, -0.25) is 9.97 Å². The number of nitrogens with zero attached hydrogens (tertiary/aromatic N) is 2. The number of pyridine rings is 2. The van der Waals surface area contributed by atoms with Crippen LogP contribution in [0.4, 0.5) is 0 Å². The fourth-order valence-corrected chi connectivity index (χ4v) is 6.82. The molecule has 2 heterocycles. The molecule has 0 aliphatic carbocycles. The molecular weight excluding hydrogens is 556 g/mol. The monoisotopic (exact) mass is 588 g/mol. The standard InChI is InChI=1S/C44H32N2/c1-29-37(14-8-26-45-29)32-16-20-34(21-17-32)43-39-12-6-7-13-40(39)44(35-22-18-33(19-23-35)38-15-9-27-46-30(38)2)42-28-36(24-25-41(42)43)31-10-4-3-5-11-31/h3-28H,1-2H3. The second kappa shape index (κ2) is 11.6. The van der Waals surface area contributed by atoms with E-state index in [2.05, 4.69) is 157 Å². The molecule has 0 spiro atoms. The predicted octanol–water partition coefficient (Wildman–Crippen LogP) is 11.7. The summed E-state index contributed by atoms with van der Waals surface area (Å²) >= 11 is 0. The first-order valence-electron chi connectivity index (χ1n) is 15.7. The summed E-state index contributed by atoms with van der Waals surface area (Å²) in [7, 11) is 0. The van der Waals surface area contributed by atoms with Gasteiger partial charge >= 0.3 is 0 Å². The van der Waals surface area contributed by atoms with Crippen LogP contribution in [0.3, 0.4) is 0 Å². The average Bonchev–Trinajstić information content (AvgIpc) is 3.11. The number of aromatic nitrogens is 2. The molecule has 2 aromatic heterocycles. The molecule has 0 saturated heterocycles. The maximum atomic E-state index is 4.52. The highest BCUT2D eigenvalue weighted by Gasteiger charge is 2.18. The molecule has 0 unspecified atom stereocenters. The molecule has 2 nitrogen and oxygen atoms in total. The Morgan fingerprint density at radius 1 is 0.326 bits per heavy atom. The minimum Gasteiger partial charge on any atom is -0.261 e. The Morgan fingerprint density at radius 3 is 1.28 bits per heavy atom. The highest BCUT2D eigenvalue weighted by Crippen LogP contribution is 2.45. The van der Waals surface area contributed by atoms with Crippen molar-refractivity contribution in [1.29, 1.82) is 0 Å². The number of hydrogen-bond acceptors (Lipinski definition) is 2. The molecule has 0 aliphatic rings. The Balaban J connectivity index is 1.37. The van der Waals surface area contributed by atoms with E-state index < -0.39 is 0 Å². The van der Waals surface area contributed by atoms with Crippen LogP contribution in [0, 0.1) is 13.8 Å². The first-order chi connectivity index (χ1) is 22.7. The van der Waals surface area contributed by atoms with E-state index in [-0.39, 0.29) is 0 Å². The summed E-state index contributed by atoms with van der Waals surface area (Å²) < 4.78 is 0. The smallest absolute Gasteiger partial charge is 0.0450 e. The Hall–Kier alpha value is -5.86. The molecule has 6 aromatic carbocycles. The van der Waals surface area contributed by atoms with Crippen LogP contribution in [0.25, 0.3) is 77.2 Å². The van der Waals surface area contributed by atoms with E-state index in [0.29, 0.717) is 0 Å². The molecule has 0 atom stereocenters. The average molecular weight is 589 g/mol. The van der Waals surface area contributed by atoms with Crippen molar-refractivity contribution in [3.8, 4) is 55.6 Å². The van der Waals surface area contributed by atoms with Crippen molar-refractivity contribution in [3.63, 3.8) is 0 Å². The Labute approximate surface area is 269 Å². The normalized spacial score (nSPS) is 11.3. The van der Waals surface area contributed by atoms with Crippen molar-refractivity contribution in [2.24, 2.45) is 0 Å². The number of aryl methyl sites for hydroxylation is 2. The molecular formula is C44H32N2. The Morgan fingerprint density at radius 2 is 0.761 bits per heavy atom. The van der Waals surface area contributed by atoms with Crippen LogP contribution in [0.1, 0.15) is 11.4 Å². The van der Waals surface area contributed by atoms with E-state index in [1.807, 2.05) is 24.5 Å². The summed E-state index contributed by atoms with van der Waals surface area (Å²) in [5.41, 5.74) is 14.1. The minimum atomic E-state index is 1.03. The van der Waals surface area contributed by atoms with Crippen molar-refractivity contribution in [1.82, 2.24) is 9.97 Å². The fourth-order valence-electron chi connectivity index (χ4n) is 6.82. The van der Waals surface area contributed by atoms with Gasteiger partial charge in [-0.05, 0) is 98.1 Å². The SMILES string of the molecule is Cc1ncccc1-c1ccc(-c2c3ccccc3c(-c3ccc(-c4cccnc4C)cc3)c3cc(-c4ccccc4)ccc23)cc1. The van der Waals surface area contributed by atoms with Gasteiger partial charge in [0.15, 0.2) is 0 Å². The van der Waals surface area contributed by atoms with Gasteiger partial charge in [0.1, 0.15) is 0 Å². The van der Waals surface area contributed by atoms with Gasteiger partial charge in [0, 0.05) is 34.9 Å². The van der Waals surface area contributed by atoms with Crippen LogP contribution in [-0.4, -0.2) is 9.97 Å². The summed E-state index contributed by atoms with van der Waals surface area (Å²) in [5, 5.41) is 4.97. The molecule has 0 N–H and O–H groups in total. The van der Waals surface area contributed by atoms with Crippen LogP contribution in [0.15, 0.2) is 158 Å². The molecule has 8 aromatic rings. The van der Waals surface area contributed by atoms with Crippen molar-refractivity contribution < 1.29 is 0 Å². The second-order valence-corrected chi connectivity index (χ2v) is 11.8. The highest BCUT2D eigenvalue weighted by molar-refractivity contribution is 6.22. The number of rotatable bonds is 5. The van der Waals surface area contributed by atoms with Crippen LogP contribution in [-0.2, 0) is 0 Å². The lowest BCUT2D eigenvalue weighted by Crippen LogP contribution is -1.93. The summed E-state index contributed by atoms with van der Waals surface area (Å²) in [4.78, 5) is 9.03. The van der Waals surface area contributed by atoms with Crippen LogP contribution >= 0.6 is 0 Å². The highest BCUT2D eigenvalue weighted by atomic mass is 14.7. The van der Waals surface area contributed by atoms with Crippen molar-refractivity contribution in [3.05, 3.63) is 169 Å². The third-order valence-corrected chi connectivity index (χ3v) is 9.11. The first kappa shape index (κ1) is 27.7. The zero-order valence-corrected chi connectivity index (χ0v) is 25.9. The Kier molecular flexibility index (Phi) is 6.96. The zero-order valence-electron chi connectivity index (χ0n) is 25.9. The van der Waals surface area contributed by atoms with Gasteiger partial charge in [-0.25, -0.2) is 0 Å². The summed E-state index contributed by atoms with van der Waals surface area (Å²) in [5.74, 6) is 0. The second-order valence-electron chi connectivity index (χ2n) is 11.8. The molecule has 0 saturated carbocycles. The van der Waals surface area contributed by atoms with Gasteiger partial charge < -0.3 is 0 Å². The van der Waals surface area contributed by atoms with Crippen LogP contribution < -0.4 is 0 Å². The van der Waals surface area contributed by atoms with Gasteiger partial charge in [-0.1, -0.05) is 127 Å². The van der Waals surface area contributed by atoms with E-state index in [0.717, 1.165) is 22.5 Å². The molecule has 0 bridgehead atoms. The van der Waals surface area contributed by atoms with Gasteiger partial charge in [0.05, 0.1) is 0 Å². The summed E-state index contributed by atoms with van der Waals surface area (Å²) in [6.45, 7) is 4.14. The molecule has 8 rings (SSSR count). The van der Waals surface area contributed by atoms with Crippen molar-refractivity contribution in [2.45, 2.75) is 13.8 Å². The number of benzene rings is 6. The third-order valence-electron chi connectivity index (χ3n) is 9.11. The van der Waals surface area contributed by atoms with E-state index in [9.17, 15) is 0 Å². The maximum Gasteiger partial charge on any atom is 0.0450 e. The van der Waals surface area contributed by atoms with E-state index in [1.165, 1.54) is 66.1 Å². The van der Waals surface area contributed by atoms with Crippen molar-refractivity contribution in [2.75, 3.05) is 0 Å². The lowest BCUT2D eigenvalue weighted by atomic mass is 9.84. The molecule has 46 heavy (non-hydrogen) atoms. The number of fused-ring (bicyclic) bond motifs is 2. The van der Waals surface area contributed by atoms with Crippen molar-refractivity contribution >= 4 is 21.5 Å². The lowest BCUT2D eigenvalue weighted by Gasteiger charge is -2.19. The van der Waals surface area contributed by atoms with Crippen LogP contribution in [0.5, 0.6) is 0 Å². The number of hydrogen-bond donors (Lipinski definition) is 0. The zero-order chi connectivity index (χ0) is 31.0. The van der Waals surface area contributed by atoms with Gasteiger partial charge in [-0.2, -0.15) is 0 Å². The molecule has 0 amide bonds. The van der Waals surface area contributed by atoms with Gasteiger partial charge in [-0.15, -0.1) is 0 Å². The minimum absolute atomic E-state index is 1.03. The van der Waals surface area contributed by atoms with Crippen LogP contribution in [0.2, 0.25) is 0 Å². The van der Waals surface area contributed by atoms with E-state index in [1.54, 1.807) is 0 Å². The third kappa shape index (κ3) is 4.85. The Bertz CT molecular complexity index is 2350. The van der Waals surface area contributed by atoms with E-state index in [4.69, 9.17) is 0 Å².